The Balaban J connectivity index is 1.67. The van der Waals surface area contributed by atoms with Crippen LogP contribution in [-0.4, -0.2) is 67.9 Å². The van der Waals surface area contributed by atoms with Gasteiger partial charge >= 0.3 is 0 Å². The van der Waals surface area contributed by atoms with E-state index < -0.39 is 32.5 Å². The molecule has 0 atom stereocenters. The van der Waals surface area contributed by atoms with Crippen molar-refractivity contribution >= 4 is 43.2 Å². The van der Waals surface area contributed by atoms with E-state index in [4.69, 9.17) is 21.1 Å². The molecular weight excluding hydrogens is 554 g/mol. The molecule has 1 amide bonds. The van der Waals surface area contributed by atoms with Gasteiger partial charge in [0.1, 0.15) is 24.7 Å². The lowest BCUT2D eigenvalue weighted by Crippen LogP contribution is -2.41. The summed E-state index contributed by atoms with van der Waals surface area (Å²) in [6.45, 7) is -0.346. The Morgan fingerprint density at radius 3 is 2.11 bits per heavy atom. The average molecular weight is 582 g/mol. The Kier molecular flexibility index (Phi) is 9.60. The van der Waals surface area contributed by atoms with Gasteiger partial charge < -0.3 is 14.8 Å². The Labute approximate surface area is 227 Å². The van der Waals surface area contributed by atoms with Crippen molar-refractivity contribution in [2.24, 2.45) is 0 Å². The molecule has 0 spiro atoms. The SMILES string of the molecule is COc1ccc(N(CC(=O)NCCOc2ccc(S(=O)(=O)N(C)C)cc2)S(=O)(=O)c2ccccc2)cc1Cl. The van der Waals surface area contributed by atoms with Gasteiger partial charge in [-0.1, -0.05) is 29.8 Å². The molecule has 0 unspecified atom stereocenters. The Morgan fingerprint density at radius 2 is 1.53 bits per heavy atom. The summed E-state index contributed by atoms with van der Waals surface area (Å²) in [5, 5.41) is 2.83. The van der Waals surface area contributed by atoms with Crippen molar-refractivity contribution in [3.05, 3.63) is 77.8 Å². The molecule has 0 radical (unpaired) electrons. The molecule has 38 heavy (non-hydrogen) atoms. The van der Waals surface area contributed by atoms with Crippen LogP contribution in [-0.2, 0) is 24.8 Å². The summed E-state index contributed by atoms with van der Waals surface area (Å²) in [6.07, 6.45) is 0. The summed E-state index contributed by atoms with van der Waals surface area (Å²) >= 11 is 6.22. The van der Waals surface area contributed by atoms with Crippen LogP contribution in [0.25, 0.3) is 0 Å². The summed E-state index contributed by atoms with van der Waals surface area (Å²) in [7, 11) is -3.32. The highest BCUT2D eigenvalue weighted by Crippen LogP contribution is 2.31. The number of nitrogens with one attached hydrogen (secondary N) is 1. The maximum Gasteiger partial charge on any atom is 0.264 e. The number of hydrogen-bond acceptors (Lipinski definition) is 7. The quantitative estimate of drug-likeness (QED) is 0.326. The van der Waals surface area contributed by atoms with Crippen LogP contribution in [0.1, 0.15) is 0 Å². The van der Waals surface area contributed by atoms with Gasteiger partial charge in [-0.2, -0.15) is 0 Å². The van der Waals surface area contributed by atoms with Crippen LogP contribution in [0, 0.1) is 0 Å². The first-order valence-corrected chi connectivity index (χ1v) is 14.6. The number of benzene rings is 3. The van der Waals surface area contributed by atoms with Crippen LogP contribution >= 0.6 is 11.6 Å². The number of halogens is 1. The molecule has 13 heteroatoms. The van der Waals surface area contributed by atoms with E-state index in [1.807, 2.05) is 0 Å². The summed E-state index contributed by atoms with van der Waals surface area (Å²) < 4.78 is 63.9. The number of methoxy groups -OCH3 is 1. The van der Waals surface area contributed by atoms with Crippen LogP contribution in [0.5, 0.6) is 11.5 Å². The molecule has 3 aromatic carbocycles. The first-order valence-electron chi connectivity index (χ1n) is 11.3. The van der Waals surface area contributed by atoms with Gasteiger partial charge in [0.05, 0.1) is 34.2 Å². The summed E-state index contributed by atoms with van der Waals surface area (Å²) in [6, 6.07) is 18.1. The molecule has 0 aromatic heterocycles. The lowest BCUT2D eigenvalue weighted by molar-refractivity contribution is -0.119. The summed E-state index contributed by atoms with van der Waals surface area (Å²) in [5.74, 6) is 0.215. The summed E-state index contributed by atoms with van der Waals surface area (Å²) in [4.78, 5) is 12.9. The van der Waals surface area contributed by atoms with Gasteiger partial charge in [0, 0.05) is 14.1 Å². The van der Waals surface area contributed by atoms with Crippen molar-refractivity contribution in [3.63, 3.8) is 0 Å². The smallest absolute Gasteiger partial charge is 0.264 e. The van der Waals surface area contributed by atoms with Gasteiger partial charge in [-0.05, 0) is 54.6 Å². The van der Waals surface area contributed by atoms with Crippen molar-refractivity contribution in [1.82, 2.24) is 9.62 Å². The van der Waals surface area contributed by atoms with E-state index >= 15 is 0 Å². The van der Waals surface area contributed by atoms with E-state index in [0.717, 1.165) is 8.61 Å². The minimum absolute atomic E-state index is 0.0165. The standard InChI is InChI=1S/C25H28ClN3O7S2/c1-28(2)37(31,32)22-12-10-20(11-13-22)36-16-15-27-25(30)18-29(19-9-14-24(35-3)23(26)17-19)38(33,34)21-7-5-4-6-8-21/h4-14,17H,15-16,18H2,1-3H3,(H,27,30). The second-order valence-electron chi connectivity index (χ2n) is 8.10. The van der Waals surface area contributed by atoms with Gasteiger partial charge in [0.2, 0.25) is 15.9 Å². The lowest BCUT2D eigenvalue weighted by atomic mass is 10.3. The number of hydrogen-bond donors (Lipinski definition) is 1. The molecule has 0 aliphatic heterocycles. The van der Waals surface area contributed by atoms with E-state index in [9.17, 15) is 21.6 Å². The largest absolute Gasteiger partial charge is 0.495 e. The van der Waals surface area contributed by atoms with Crippen LogP contribution in [0.15, 0.2) is 82.6 Å². The van der Waals surface area contributed by atoms with Gasteiger partial charge in [-0.25, -0.2) is 21.1 Å². The second kappa shape index (κ2) is 12.5. The molecule has 0 saturated carbocycles. The molecule has 3 rings (SSSR count). The number of anilines is 1. The fraction of sp³-hybridized carbons (Fsp3) is 0.240. The van der Waals surface area contributed by atoms with Crippen molar-refractivity contribution in [3.8, 4) is 11.5 Å². The predicted octanol–water partition coefficient (Wildman–Crippen LogP) is 2.99. The third kappa shape index (κ3) is 6.95. The molecule has 0 heterocycles. The molecular formula is C25H28ClN3O7S2. The first kappa shape index (κ1) is 29.2. The molecule has 1 N–H and O–H groups in total. The maximum atomic E-state index is 13.4. The predicted molar refractivity (Wildman–Crippen MR) is 145 cm³/mol. The number of amides is 1. The number of sulfonamides is 2. The third-order valence-corrected chi connectivity index (χ3v) is 9.25. The minimum atomic E-state index is -4.09. The monoisotopic (exact) mass is 581 g/mol. The lowest BCUT2D eigenvalue weighted by Gasteiger charge is -2.24. The molecule has 0 aliphatic carbocycles. The van der Waals surface area contributed by atoms with E-state index in [1.165, 1.54) is 75.8 Å². The number of carbonyl (C=O) groups excluding carboxylic acids is 1. The fourth-order valence-corrected chi connectivity index (χ4v) is 5.90. The molecule has 0 bridgehead atoms. The molecule has 0 fully saturated rings. The number of rotatable bonds is 12. The zero-order chi connectivity index (χ0) is 27.9. The zero-order valence-corrected chi connectivity index (χ0v) is 23.4. The fourth-order valence-electron chi connectivity index (χ4n) is 3.31. The van der Waals surface area contributed by atoms with E-state index in [-0.39, 0.29) is 33.7 Å². The molecule has 204 valence electrons. The van der Waals surface area contributed by atoms with Crippen LogP contribution in [0.2, 0.25) is 5.02 Å². The van der Waals surface area contributed by atoms with Crippen LogP contribution < -0.4 is 19.1 Å². The number of nitrogens with zero attached hydrogens (tertiary/aromatic N) is 2. The topological polar surface area (TPSA) is 122 Å². The third-order valence-electron chi connectivity index (χ3n) is 5.34. The number of ether oxygens (including phenoxy) is 2. The van der Waals surface area contributed by atoms with Crippen molar-refractivity contribution in [1.29, 1.82) is 0 Å². The van der Waals surface area contributed by atoms with Crippen molar-refractivity contribution < 1.29 is 31.1 Å². The minimum Gasteiger partial charge on any atom is -0.495 e. The van der Waals surface area contributed by atoms with Crippen LogP contribution in [0.3, 0.4) is 0 Å². The maximum absolute atomic E-state index is 13.4. The van der Waals surface area contributed by atoms with Gasteiger partial charge in [-0.15, -0.1) is 0 Å². The Hall–Kier alpha value is -3.32. The average Bonchev–Trinajstić information content (AvgIpc) is 2.90. The van der Waals surface area contributed by atoms with E-state index in [1.54, 1.807) is 18.2 Å². The van der Waals surface area contributed by atoms with Gasteiger partial charge in [0.15, 0.2) is 0 Å². The first-order chi connectivity index (χ1) is 18.0. The molecule has 10 nitrogen and oxygen atoms in total. The normalized spacial score (nSPS) is 11.7. The number of carbonyl (C=O) groups is 1. The van der Waals surface area contributed by atoms with Crippen LogP contribution in [0.4, 0.5) is 5.69 Å². The highest BCUT2D eigenvalue weighted by molar-refractivity contribution is 7.92. The second-order valence-corrected chi connectivity index (χ2v) is 12.5. The van der Waals surface area contributed by atoms with Crippen molar-refractivity contribution in [2.45, 2.75) is 9.79 Å². The molecule has 0 saturated heterocycles. The Morgan fingerprint density at radius 1 is 0.895 bits per heavy atom. The summed E-state index contributed by atoms with van der Waals surface area (Å²) in [5.41, 5.74) is 0.193. The van der Waals surface area contributed by atoms with Gasteiger partial charge in [0.25, 0.3) is 10.0 Å². The molecule has 3 aromatic rings. The Bertz CT molecular complexity index is 1460. The zero-order valence-electron chi connectivity index (χ0n) is 21.0. The van der Waals surface area contributed by atoms with Crippen molar-refractivity contribution in [2.75, 3.05) is 45.2 Å². The van der Waals surface area contributed by atoms with E-state index in [2.05, 4.69) is 5.32 Å². The highest BCUT2D eigenvalue weighted by atomic mass is 35.5. The molecule has 0 aliphatic rings. The van der Waals surface area contributed by atoms with Gasteiger partial charge in [-0.3, -0.25) is 9.10 Å². The highest BCUT2D eigenvalue weighted by Gasteiger charge is 2.27. The van der Waals surface area contributed by atoms with E-state index in [0.29, 0.717) is 11.5 Å².